The molecule has 0 saturated carbocycles. The lowest BCUT2D eigenvalue weighted by Gasteiger charge is -2.29. The Labute approximate surface area is 182 Å². The number of carbonyl (C=O) groups is 2. The predicted octanol–water partition coefficient (Wildman–Crippen LogP) is 1.54. The molecule has 9 heteroatoms. The Bertz CT molecular complexity index is 781. The Kier molecular flexibility index (Phi) is 8.52. The maximum atomic E-state index is 12.3. The van der Waals surface area contributed by atoms with Gasteiger partial charge >= 0.3 is 0 Å². The van der Waals surface area contributed by atoms with Crippen molar-refractivity contribution in [3.05, 3.63) is 23.8 Å². The van der Waals surface area contributed by atoms with E-state index in [1.807, 2.05) is 23.1 Å². The van der Waals surface area contributed by atoms with E-state index < -0.39 is 0 Å². The van der Waals surface area contributed by atoms with Gasteiger partial charge in [-0.25, -0.2) is 0 Å². The van der Waals surface area contributed by atoms with Crippen molar-refractivity contribution in [3.63, 3.8) is 0 Å². The molecule has 170 valence electrons. The van der Waals surface area contributed by atoms with Crippen LogP contribution in [0.2, 0.25) is 0 Å². The minimum absolute atomic E-state index is 0.0753. The summed E-state index contributed by atoms with van der Waals surface area (Å²) < 4.78 is 16.0. The van der Waals surface area contributed by atoms with E-state index in [1.54, 1.807) is 14.2 Å². The minimum atomic E-state index is -0.280. The number of carbonyl (C=O) groups excluding carboxylic acids is 2. The van der Waals surface area contributed by atoms with Crippen LogP contribution in [0.5, 0.6) is 11.5 Å². The van der Waals surface area contributed by atoms with Gasteiger partial charge in [-0.2, -0.15) is 0 Å². The minimum Gasteiger partial charge on any atom is -0.493 e. The van der Waals surface area contributed by atoms with E-state index in [4.69, 9.17) is 19.0 Å². The van der Waals surface area contributed by atoms with Gasteiger partial charge in [-0.15, -0.1) is 0 Å². The molecule has 1 unspecified atom stereocenters. The van der Waals surface area contributed by atoms with Crippen molar-refractivity contribution in [1.29, 1.82) is 0 Å². The molecule has 0 radical (unpaired) electrons. The monoisotopic (exact) mass is 433 g/mol. The summed E-state index contributed by atoms with van der Waals surface area (Å²) in [6.07, 6.45) is 3.44. The van der Waals surface area contributed by atoms with Crippen molar-refractivity contribution >= 4 is 17.5 Å². The first-order chi connectivity index (χ1) is 15.1. The number of nitrogens with zero attached hydrogens (tertiary/aromatic N) is 2. The first-order valence-electron chi connectivity index (χ1n) is 10.7. The molecule has 1 aromatic carbocycles. The Morgan fingerprint density at radius 2 is 1.97 bits per heavy atom. The molecular weight excluding hydrogens is 402 g/mol. The van der Waals surface area contributed by atoms with Crippen molar-refractivity contribution in [2.24, 2.45) is 5.16 Å². The van der Waals surface area contributed by atoms with Crippen molar-refractivity contribution < 1.29 is 28.6 Å². The molecule has 0 aliphatic carbocycles. The Balaban J connectivity index is 1.32. The molecule has 2 aliphatic heterocycles. The summed E-state index contributed by atoms with van der Waals surface area (Å²) in [6, 6.07) is 5.67. The fraction of sp³-hybridized carbons (Fsp3) is 0.591. The number of hydrogen-bond acceptors (Lipinski definition) is 7. The van der Waals surface area contributed by atoms with E-state index in [0.717, 1.165) is 24.1 Å². The van der Waals surface area contributed by atoms with E-state index in [9.17, 15) is 9.59 Å². The summed E-state index contributed by atoms with van der Waals surface area (Å²) in [6.45, 7) is 2.24. The Hall–Kier alpha value is -2.81. The highest BCUT2D eigenvalue weighted by Crippen LogP contribution is 2.27. The van der Waals surface area contributed by atoms with Crippen LogP contribution in [0.4, 0.5) is 0 Å². The second kappa shape index (κ2) is 11.5. The first-order valence-corrected chi connectivity index (χ1v) is 10.7. The number of piperidine rings is 1. The summed E-state index contributed by atoms with van der Waals surface area (Å²) >= 11 is 0. The molecule has 1 N–H and O–H groups in total. The van der Waals surface area contributed by atoms with Crippen molar-refractivity contribution in [2.75, 3.05) is 47.1 Å². The zero-order valence-corrected chi connectivity index (χ0v) is 18.2. The Morgan fingerprint density at radius 1 is 1.19 bits per heavy atom. The number of hydrogen-bond donors (Lipinski definition) is 1. The van der Waals surface area contributed by atoms with Gasteiger partial charge in [-0.3, -0.25) is 9.59 Å². The molecule has 3 rings (SSSR count). The van der Waals surface area contributed by atoms with Crippen LogP contribution in [0.25, 0.3) is 0 Å². The molecule has 0 bridgehead atoms. The molecular formula is C22H31N3O6. The zero-order chi connectivity index (χ0) is 22.1. The molecule has 1 aromatic rings. The topological polar surface area (TPSA) is 98.7 Å². The Morgan fingerprint density at radius 3 is 2.65 bits per heavy atom. The first kappa shape index (κ1) is 22.9. The lowest BCUT2D eigenvalue weighted by molar-refractivity contribution is -0.141. The molecule has 2 saturated heterocycles. The molecule has 2 heterocycles. The number of benzene rings is 1. The van der Waals surface area contributed by atoms with E-state index in [1.165, 1.54) is 0 Å². The van der Waals surface area contributed by atoms with Gasteiger partial charge < -0.3 is 29.3 Å². The summed E-state index contributed by atoms with van der Waals surface area (Å²) in [5.74, 6) is 1.18. The zero-order valence-electron chi connectivity index (χ0n) is 18.2. The summed E-state index contributed by atoms with van der Waals surface area (Å²) in [5.41, 5.74) is 1.90. The second-order valence-corrected chi connectivity index (χ2v) is 7.55. The molecule has 2 aliphatic rings. The van der Waals surface area contributed by atoms with Crippen LogP contribution >= 0.6 is 0 Å². The third kappa shape index (κ3) is 6.58. The SMILES string of the molecule is COc1ccc(CCNC(=O)CON=C2CCN(C(=O)C3CCCO3)CC2)cc1OC. The van der Waals surface area contributed by atoms with E-state index in [-0.39, 0.29) is 24.5 Å². The quantitative estimate of drug-likeness (QED) is 0.593. The van der Waals surface area contributed by atoms with E-state index >= 15 is 0 Å². The standard InChI is InChI=1S/C22H31N3O6/c1-28-18-6-5-16(14-20(18)29-2)7-10-23-21(26)15-31-24-17-8-11-25(12-9-17)22(27)19-4-3-13-30-19/h5-6,14,19H,3-4,7-13,15H2,1-2H3,(H,23,26). The summed E-state index contributed by atoms with van der Waals surface area (Å²) in [7, 11) is 3.18. The van der Waals surface area contributed by atoms with E-state index in [0.29, 0.717) is 57.0 Å². The molecule has 31 heavy (non-hydrogen) atoms. The van der Waals surface area contributed by atoms with Gasteiger partial charge in [0.1, 0.15) is 6.10 Å². The van der Waals surface area contributed by atoms with Gasteiger partial charge in [0.25, 0.3) is 11.8 Å². The van der Waals surface area contributed by atoms with Gasteiger partial charge in [-0.05, 0) is 37.0 Å². The van der Waals surface area contributed by atoms with Crippen LogP contribution < -0.4 is 14.8 Å². The highest BCUT2D eigenvalue weighted by atomic mass is 16.6. The maximum Gasteiger partial charge on any atom is 0.260 e. The summed E-state index contributed by atoms with van der Waals surface area (Å²) in [4.78, 5) is 31.4. The number of amides is 2. The number of methoxy groups -OCH3 is 2. The smallest absolute Gasteiger partial charge is 0.260 e. The van der Waals surface area contributed by atoms with Gasteiger partial charge in [0.2, 0.25) is 0 Å². The maximum absolute atomic E-state index is 12.3. The predicted molar refractivity (Wildman–Crippen MR) is 114 cm³/mol. The lowest BCUT2D eigenvalue weighted by Crippen LogP contribution is -2.43. The molecule has 0 aromatic heterocycles. The molecule has 1 atom stereocenters. The van der Waals surface area contributed by atoms with Crippen molar-refractivity contribution in [2.45, 2.75) is 38.2 Å². The van der Waals surface area contributed by atoms with Crippen LogP contribution in [-0.2, 0) is 25.6 Å². The average molecular weight is 434 g/mol. The van der Waals surface area contributed by atoms with Gasteiger partial charge in [0.05, 0.1) is 19.9 Å². The third-order valence-electron chi connectivity index (χ3n) is 5.43. The highest BCUT2D eigenvalue weighted by molar-refractivity contribution is 5.88. The molecule has 9 nitrogen and oxygen atoms in total. The fourth-order valence-corrected chi connectivity index (χ4v) is 3.67. The second-order valence-electron chi connectivity index (χ2n) is 7.55. The number of likely N-dealkylation sites (tertiary alicyclic amines) is 1. The highest BCUT2D eigenvalue weighted by Gasteiger charge is 2.30. The molecule has 2 amide bonds. The summed E-state index contributed by atoms with van der Waals surface area (Å²) in [5, 5.41) is 6.89. The van der Waals surface area contributed by atoms with Gasteiger partial charge in [0, 0.05) is 39.1 Å². The van der Waals surface area contributed by atoms with Crippen LogP contribution in [0, 0.1) is 0 Å². The van der Waals surface area contributed by atoms with Crippen LogP contribution in [0.1, 0.15) is 31.2 Å². The largest absolute Gasteiger partial charge is 0.493 e. The number of nitrogens with one attached hydrogen (secondary N) is 1. The average Bonchev–Trinajstić information content (AvgIpc) is 3.34. The number of ether oxygens (including phenoxy) is 3. The number of oxime groups is 1. The fourth-order valence-electron chi connectivity index (χ4n) is 3.67. The third-order valence-corrected chi connectivity index (χ3v) is 5.43. The van der Waals surface area contributed by atoms with Crippen molar-refractivity contribution in [3.8, 4) is 11.5 Å². The van der Waals surface area contributed by atoms with Crippen LogP contribution in [0.3, 0.4) is 0 Å². The normalized spacial score (nSPS) is 18.5. The molecule has 2 fully saturated rings. The van der Waals surface area contributed by atoms with E-state index in [2.05, 4.69) is 10.5 Å². The van der Waals surface area contributed by atoms with Gasteiger partial charge in [-0.1, -0.05) is 11.2 Å². The van der Waals surface area contributed by atoms with Crippen LogP contribution in [0.15, 0.2) is 23.4 Å². The lowest BCUT2D eigenvalue weighted by atomic mass is 10.1. The number of rotatable bonds is 9. The van der Waals surface area contributed by atoms with Crippen molar-refractivity contribution in [1.82, 2.24) is 10.2 Å². The van der Waals surface area contributed by atoms with Gasteiger partial charge in [0.15, 0.2) is 18.1 Å². The van der Waals surface area contributed by atoms with Crippen LogP contribution in [-0.4, -0.2) is 75.6 Å². The molecule has 0 spiro atoms.